The van der Waals surface area contributed by atoms with Gasteiger partial charge in [-0.05, 0) is 24.6 Å². The molecule has 0 bridgehead atoms. The molecule has 0 aliphatic heterocycles. The highest BCUT2D eigenvalue weighted by Crippen LogP contribution is 2.21. The molecule has 0 saturated carbocycles. The maximum Gasteiger partial charge on any atom is 0.274 e. The summed E-state index contributed by atoms with van der Waals surface area (Å²) >= 11 is 0. The van der Waals surface area contributed by atoms with Crippen LogP contribution >= 0.6 is 0 Å². The molecule has 0 amide bonds. The number of hydrogen-bond donors (Lipinski definition) is 1. The third-order valence-corrected chi connectivity index (χ3v) is 2.95. The van der Waals surface area contributed by atoms with Crippen LogP contribution in [-0.4, -0.2) is 4.92 Å². The molecule has 2 aromatic rings. The van der Waals surface area contributed by atoms with Crippen LogP contribution in [0.4, 0.5) is 11.4 Å². The van der Waals surface area contributed by atoms with Gasteiger partial charge < -0.3 is 5.32 Å². The van der Waals surface area contributed by atoms with Crippen LogP contribution in [0.3, 0.4) is 0 Å². The summed E-state index contributed by atoms with van der Waals surface area (Å²) in [7, 11) is 0. The van der Waals surface area contributed by atoms with Crippen molar-refractivity contribution in [2.75, 3.05) is 5.32 Å². The van der Waals surface area contributed by atoms with Crippen molar-refractivity contribution in [3.05, 3.63) is 69.3 Å². The van der Waals surface area contributed by atoms with Gasteiger partial charge in [0.05, 0.1) is 16.2 Å². The predicted molar refractivity (Wildman–Crippen MR) is 76.3 cm³/mol. The zero-order valence-electron chi connectivity index (χ0n) is 11.0. The summed E-state index contributed by atoms with van der Waals surface area (Å²) in [6.07, 6.45) is 0. The Bertz CT molecular complexity index is 690. The number of nitriles is 1. The second-order valence-corrected chi connectivity index (χ2v) is 4.40. The first-order chi connectivity index (χ1) is 9.61. The lowest BCUT2D eigenvalue weighted by molar-refractivity contribution is -0.385. The Labute approximate surface area is 116 Å². The summed E-state index contributed by atoms with van der Waals surface area (Å²) < 4.78 is 0. The summed E-state index contributed by atoms with van der Waals surface area (Å²) in [5.41, 5.74) is 2.87. The molecule has 0 unspecified atom stereocenters. The average molecular weight is 267 g/mol. The van der Waals surface area contributed by atoms with E-state index >= 15 is 0 Å². The van der Waals surface area contributed by atoms with Crippen LogP contribution in [0.5, 0.6) is 0 Å². The molecule has 0 radical (unpaired) electrons. The van der Waals surface area contributed by atoms with E-state index in [9.17, 15) is 10.1 Å². The normalized spacial score (nSPS) is 9.80. The molecule has 0 aromatic heterocycles. The first-order valence-electron chi connectivity index (χ1n) is 6.08. The number of nitrogens with one attached hydrogen (secondary N) is 1. The van der Waals surface area contributed by atoms with E-state index in [4.69, 9.17) is 5.26 Å². The zero-order valence-corrected chi connectivity index (χ0v) is 11.0. The van der Waals surface area contributed by atoms with Gasteiger partial charge in [-0.3, -0.25) is 10.1 Å². The lowest BCUT2D eigenvalue weighted by Gasteiger charge is -2.09. The Morgan fingerprint density at radius 2 is 2.05 bits per heavy atom. The van der Waals surface area contributed by atoms with Crippen molar-refractivity contribution in [3.63, 3.8) is 0 Å². The van der Waals surface area contributed by atoms with Crippen molar-refractivity contribution < 1.29 is 4.92 Å². The summed E-state index contributed by atoms with van der Waals surface area (Å²) in [4.78, 5) is 10.5. The lowest BCUT2D eigenvalue weighted by atomic mass is 10.1. The molecule has 0 fully saturated rings. The predicted octanol–water partition coefficient (Wildman–Crippen LogP) is 3.39. The fraction of sp³-hybridized carbons (Fsp3) is 0.133. The quantitative estimate of drug-likeness (QED) is 0.680. The molecule has 0 atom stereocenters. The van der Waals surface area contributed by atoms with Gasteiger partial charge in [-0.1, -0.05) is 24.3 Å². The number of para-hydroxylation sites is 1. The van der Waals surface area contributed by atoms with E-state index < -0.39 is 4.92 Å². The highest BCUT2D eigenvalue weighted by Gasteiger charge is 2.12. The van der Waals surface area contributed by atoms with Crippen molar-refractivity contribution >= 4 is 11.4 Å². The first-order valence-corrected chi connectivity index (χ1v) is 6.08. The average Bonchev–Trinajstić information content (AvgIpc) is 2.46. The molecule has 2 rings (SSSR count). The number of nitro groups is 1. The third kappa shape index (κ3) is 2.93. The number of benzene rings is 2. The maximum absolute atomic E-state index is 10.9. The van der Waals surface area contributed by atoms with Crippen molar-refractivity contribution in [1.29, 1.82) is 5.26 Å². The number of rotatable bonds is 4. The fourth-order valence-corrected chi connectivity index (χ4v) is 1.93. The van der Waals surface area contributed by atoms with Crippen LogP contribution in [-0.2, 0) is 6.54 Å². The van der Waals surface area contributed by atoms with Crippen molar-refractivity contribution in [2.45, 2.75) is 13.5 Å². The molecule has 0 aliphatic carbocycles. The first kappa shape index (κ1) is 13.6. The molecule has 100 valence electrons. The molecular formula is C15H13N3O2. The molecule has 5 heteroatoms. The van der Waals surface area contributed by atoms with Gasteiger partial charge in [0.2, 0.25) is 0 Å². The van der Waals surface area contributed by atoms with Crippen molar-refractivity contribution in [2.24, 2.45) is 0 Å². The van der Waals surface area contributed by atoms with Crippen LogP contribution in [0.2, 0.25) is 0 Å². The standard InChI is InChI=1S/C15H13N3O2/c1-11-6-7-14(13(8-11)9-16)17-10-12-4-2-3-5-15(12)18(19)20/h2-8,17H,10H2,1H3. The molecular weight excluding hydrogens is 254 g/mol. The summed E-state index contributed by atoms with van der Waals surface area (Å²) in [5, 5.41) is 23.1. The molecule has 0 spiro atoms. The van der Waals surface area contributed by atoms with Gasteiger partial charge in [0.1, 0.15) is 6.07 Å². The van der Waals surface area contributed by atoms with Crippen LogP contribution in [0, 0.1) is 28.4 Å². The van der Waals surface area contributed by atoms with E-state index in [-0.39, 0.29) is 5.69 Å². The molecule has 2 aromatic carbocycles. The summed E-state index contributed by atoms with van der Waals surface area (Å²) in [5.74, 6) is 0. The summed E-state index contributed by atoms with van der Waals surface area (Å²) in [6.45, 7) is 2.21. The zero-order chi connectivity index (χ0) is 14.5. The van der Waals surface area contributed by atoms with E-state index in [1.807, 2.05) is 19.1 Å². The molecule has 20 heavy (non-hydrogen) atoms. The van der Waals surface area contributed by atoms with E-state index in [2.05, 4.69) is 11.4 Å². The molecule has 5 nitrogen and oxygen atoms in total. The number of hydrogen-bond acceptors (Lipinski definition) is 4. The number of aryl methyl sites for hydroxylation is 1. The Balaban J connectivity index is 2.22. The minimum atomic E-state index is -0.405. The second kappa shape index (κ2) is 5.85. The van der Waals surface area contributed by atoms with E-state index in [1.54, 1.807) is 24.3 Å². The minimum Gasteiger partial charge on any atom is -0.380 e. The van der Waals surface area contributed by atoms with Crippen LogP contribution < -0.4 is 5.32 Å². The van der Waals surface area contributed by atoms with Crippen molar-refractivity contribution in [3.8, 4) is 6.07 Å². The van der Waals surface area contributed by atoms with Gasteiger partial charge in [0, 0.05) is 18.2 Å². The Kier molecular flexibility index (Phi) is 3.96. The Hall–Kier alpha value is -2.87. The number of nitro benzene ring substituents is 1. The van der Waals surface area contributed by atoms with Gasteiger partial charge in [-0.25, -0.2) is 0 Å². The monoisotopic (exact) mass is 267 g/mol. The third-order valence-electron chi connectivity index (χ3n) is 2.95. The van der Waals surface area contributed by atoms with Crippen LogP contribution in [0.1, 0.15) is 16.7 Å². The Morgan fingerprint density at radius 1 is 1.30 bits per heavy atom. The van der Waals surface area contributed by atoms with Gasteiger partial charge in [-0.2, -0.15) is 5.26 Å². The topological polar surface area (TPSA) is 79.0 Å². The van der Waals surface area contributed by atoms with Crippen molar-refractivity contribution in [1.82, 2.24) is 0 Å². The van der Waals surface area contributed by atoms with E-state index in [1.165, 1.54) is 6.07 Å². The van der Waals surface area contributed by atoms with Crippen LogP contribution in [0.15, 0.2) is 42.5 Å². The molecule has 1 N–H and O–H groups in total. The van der Waals surface area contributed by atoms with Crippen LogP contribution in [0.25, 0.3) is 0 Å². The second-order valence-electron chi connectivity index (χ2n) is 4.40. The lowest BCUT2D eigenvalue weighted by Crippen LogP contribution is -2.04. The van der Waals surface area contributed by atoms with E-state index in [0.717, 1.165) is 5.56 Å². The molecule has 0 saturated heterocycles. The number of nitrogens with zero attached hydrogens (tertiary/aromatic N) is 2. The smallest absolute Gasteiger partial charge is 0.274 e. The highest BCUT2D eigenvalue weighted by atomic mass is 16.6. The SMILES string of the molecule is Cc1ccc(NCc2ccccc2[N+](=O)[O-])c(C#N)c1. The Morgan fingerprint density at radius 3 is 2.75 bits per heavy atom. The molecule has 0 aliphatic rings. The van der Waals surface area contributed by atoms with Gasteiger partial charge in [0.15, 0.2) is 0 Å². The van der Waals surface area contributed by atoms with Gasteiger partial charge in [0.25, 0.3) is 5.69 Å². The fourth-order valence-electron chi connectivity index (χ4n) is 1.93. The highest BCUT2D eigenvalue weighted by molar-refractivity contribution is 5.59. The largest absolute Gasteiger partial charge is 0.380 e. The van der Waals surface area contributed by atoms with E-state index in [0.29, 0.717) is 23.4 Å². The minimum absolute atomic E-state index is 0.0746. The van der Waals surface area contributed by atoms with Gasteiger partial charge in [-0.15, -0.1) is 0 Å². The van der Waals surface area contributed by atoms with Gasteiger partial charge >= 0.3 is 0 Å². The number of anilines is 1. The molecule has 0 heterocycles. The summed E-state index contributed by atoms with van der Waals surface area (Å²) in [6, 6.07) is 14.1. The maximum atomic E-state index is 10.9.